The van der Waals surface area contributed by atoms with E-state index in [9.17, 15) is 8.42 Å². The van der Waals surface area contributed by atoms with Crippen molar-refractivity contribution in [3.63, 3.8) is 0 Å². The van der Waals surface area contributed by atoms with Crippen molar-refractivity contribution in [1.82, 2.24) is 9.29 Å². The first kappa shape index (κ1) is 15.5. The normalized spacial score (nSPS) is 17.5. The Morgan fingerprint density at radius 3 is 2.70 bits per heavy atom. The molecule has 114 valence electrons. The quantitative estimate of drug-likeness (QED) is 0.808. The molecule has 1 aromatic heterocycles. The van der Waals surface area contributed by atoms with E-state index in [0.29, 0.717) is 30.4 Å². The van der Waals surface area contributed by atoms with Crippen molar-refractivity contribution in [3.8, 4) is 0 Å². The van der Waals surface area contributed by atoms with E-state index in [1.54, 1.807) is 12.3 Å². The maximum Gasteiger partial charge on any atom is 0.242 e. The third-order valence-corrected chi connectivity index (χ3v) is 5.11. The molecule has 0 aromatic carbocycles. The Hall–Kier alpha value is -0.890. The molecule has 2 heterocycles. The third kappa shape index (κ3) is 3.60. The van der Waals surface area contributed by atoms with Gasteiger partial charge in [0.25, 0.3) is 0 Å². The molecule has 1 aromatic rings. The van der Waals surface area contributed by atoms with Crippen LogP contribution in [0.25, 0.3) is 0 Å². The summed E-state index contributed by atoms with van der Waals surface area (Å²) in [6.07, 6.45) is 3.47. The largest absolute Gasteiger partial charge is 0.381 e. The first-order valence-corrected chi connectivity index (χ1v) is 8.51. The number of hydrogen-bond donors (Lipinski definition) is 2. The molecule has 0 unspecified atom stereocenters. The summed E-state index contributed by atoms with van der Waals surface area (Å²) in [5.74, 6) is 0.362. The summed E-state index contributed by atoms with van der Waals surface area (Å²) in [6, 6.07) is 1.65. The number of aromatic nitrogens is 1. The summed E-state index contributed by atoms with van der Waals surface area (Å²) in [6.45, 7) is 4.92. The molecule has 0 radical (unpaired) electrons. The predicted molar refractivity (Wildman–Crippen MR) is 76.7 cm³/mol. The van der Waals surface area contributed by atoms with Crippen LogP contribution in [-0.4, -0.2) is 32.7 Å². The van der Waals surface area contributed by atoms with Crippen molar-refractivity contribution >= 4 is 10.0 Å². The Kier molecular flexibility index (Phi) is 5.20. The van der Waals surface area contributed by atoms with Crippen LogP contribution in [0, 0.1) is 5.92 Å². The Morgan fingerprint density at radius 1 is 1.45 bits per heavy atom. The fraction of sp³-hybridized carbons (Fsp3) is 0.692. The van der Waals surface area contributed by atoms with Crippen molar-refractivity contribution in [2.24, 2.45) is 11.7 Å². The van der Waals surface area contributed by atoms with Crippen molar-refractivity contribution in [2.45, 2.75) is 37.8 Å². The van der Waals surface area contributed by atoms with Gasteiger partial charge in [0, 0.05) is 44.7 Å². The summed E-state index contributed by atoms with van der Waals surface area (Å²) in [5, 5.41) is 0. The second-order valence-electron chi connectivity index (χ2n) is 5.06. The van der Waals surface area contributed by atoms with Gasteiger partial charge in [-0.2, -0.15) is 0 Å². The van der Waals surface area contributed by atoms with Crippen LogP contribution in [0.5, 0.6) is 0 Å². The van der Waals surface area contributed by atoms with Crippen molar-refractivity contribution in [1.29, 1.82) is 0 Å². The number of sulfonamides is 1. The molecule has 0 saturated carbocycles. The highest BCUT2D eigenvalue weighted by Gasteiger charge is 2.20. The van der Waals surface area contributed by atoms with Gasteiger partial charge in [-0.05, 0) is 31.7 Å². The fourth-order valence-corrected chi connectivity index (χ4v) is 3.58. The minimum Gasteiger partial charge on any atom is -0.381 e. The second-order valence-corrected chi connectivity index (χ2v) is 6.83. The van der Waals surface area contributed by atoms with Gasteiger partial charge >= 0.3 is 0 Å². The molecular weight excluding hydrogens is 278 g/mol. The van der Waals surface area contributed by atoms with Gasteiger partial charge in [0.15, 0.2) is 0 Å². The molecule has 6 nitrogen and oxygen atoms in total. The van der Waals surface area contributed by atoms with Crippen LogP contribution < -0.4 is 10.5 Å². The predicted octanol–water partition coefficient (Wildman–Crippen LogP) is 0.672. The fourth-order valence-electron chi connectivity index (χ4n) is 2.40. The van der Waals surface area contributed by atoms with Crippen LogP contribution in [0.2, 0.25) is 0 Å². The number of nitrogens with two attached hydrogens (primary N) is 1. The Labute approximate surface area is 120 Å². The van der Waals surface area contributed by atoms with E-state index in [4.69, 9.17) is 10.5 Å². The molecule has 7 heteroatoms. The molecule has 0 atom stereocenters. The molecule has 2 rings (SSSR count). The van der Waals surface area contributed by atoms with E-state index in [-0.39, 0.29) is 0 Å². The van der Waals surface area contributed by atoms with Crippen LogP contribution >= 0.6 is 0 Å². The summed E-state index contributed by atoms with van der Waals surface area (Å²) in [5.41, 5.74) is 6.46. The van der Waals surface area contributed by atoms with E-state index in [2.05, 4.69) is 4.72 Å². The Morgan fingerprint density at radius 2 is 2.15 bits per heavy atom. The number of nitrogens with zero attached hydrogens (tertiary/aromatic N) is 1. The molecule has 3 N–H and O–H groups in total. The van der Waals surface area contributed by atoms with Gasteiger partial charge in [-0.25, -0.2) is 13.1 Å². The zero-order valence-corrected chi connectivity index (χ0v) is 12.7. The van der Waals surface area contributed by atoms with E-state index in [1.165, 1.54) is 0 Å². The monoisotopic (exact) mass is 301 g/mol. The van der Waals surface area contributed by atoms with Crippen molar-refractivity contribution in [2.75, 3.05) is 19.8 Å². The highest BCUT2D eigenvalue weighted by atomic mass is 32.2. The van der Waals surface area contributed by atoms with Crippen LogP contribution in [0.3, 0.4) is 0 Å². The van der Waals surface area contributed by atoms with Gasteiger partial charge in [0.05, 0.1) is 4.90 Å². The molecule has 0 spiro atoms. The lowest BCUT2D eigenvalue weighted by Gasteiger charge is -2.21. The molecule has 0 aliphatic carbocycles. The van der Waals surface area contributed by atoms with Gasteiger partial charge in [0.2, 0.25) is 10.0 Å². The molecule has 0 bridgehead atoms. The Bertz CT molecular complexity index is 512. The number of rotatable bonds is 6. The first-order chi connectivity index (χ1) is 9.56. The summed E-state index contributed by atoms with van der Waals surface area (Å²) < 4.78 is 34.4. The number of ether oxygens (including phenoxy) is 1. The van der Waals surface area contributed by atoms with Gasteiger partial charge < -0.3 is 15.0 Å². The molecule has 1 saturated heterocycles. The molecule has 1 aliphatic heterocycles. The average molecular weight is 301 g/mol. The molecule has 1 fully saturated rings. The highest BCUT2D eigenvalue weighted by molar-refractivity contribution is 7.89. The van der Waals surface area contributed by atoms with Crippen LogP contribution in [0.15, 0.2) is 17.2 Å². The molecular formula is C13H23N3O3S. The van der Waals surface area contributed by atoms with Crippen LogP contribution in [-0.2, 0) is 27.8 Å². The van der Waals surface area contributed by atoms with Crippen molar-refractivity contribution < 1.29 is 13.2 Å². The van der Waals surface area contributed by atoms with Gasteiger partial charge in [-0.3, -0.25) is 0 Å². The first-order valence-electron chi connectivity index (χ1n) is 7.03. The second kappa shape index (κ2) is 6.71. The lowest BCUT2D eigenvalue weighted by Crippen LogP contribution is -2.32. The minimum atomic E-state index is -3.45. The molecule has 1 aliphatic rings. The minimum absolute atomic E-state index is 0.298. The van der Waals surface area contributed by atoms with E-state index in [1.807, 2.05) is 11.5 Å². The smallest absolute Gasteiger partial charge is 0.242 e. The third-order valence-electron chi connectivity index (χ3n) is 3.72. The average Bonchev–Trinajstić information content (AvgIpc) is 2.90. The zero-order chi connectivity index (χ0) is 14.6. The summed E-state index contributed by atoms with van der Waals surface area (Å²) in [4.78, 5) is 0.298. The maximum absolute atomic E-state index is 12.3. The standard InChI is InChI=1S/C13H23N3O3S/c1-2-16-10-13(7-12(16)8-14)20(17,18)15-9-11-3-5-19-6-4-11/h7,10-11,15H,2-6,8-9,14H2,1H3. The summed E-state index contributed by atoms with van der Waals surface area (Å²) in [7, 11) is -3.45. The van der Waals surface area contributed by atoms with E-state index in [0.717, 1.165) is 31.7 Å². The van der Waals surface area contributed by atoms with E-state index >= 15 is 0 Å². The topological polar surface area (TPSA) is 86.3 Å². The Balaban J connectivity index is 2.03. The lowest BCUT2D eigenvalue weighted by molar-refractivity contribution is 0.0678. The SMILES string of the molecule is CCn1cc(S(=O)(=O)NCC2CCOCC2)cc1CN. The zero-order valence-electron chi connectivity index (χ0n) is 11.8. The van der Waals surface area contributed by atoms with Crippen LogP contribution in [0.4, 0.5) is 0 Å². The maximum atomic E-state index is 12.3. The summed E-state index contributed by atoms with van der Waals surface area (Å²) >= 11 is 0. The molecule has 0 amide bonds. The van der Waals surface area contributed by atoms with Gasteiger partial charge in [-0.1, -0.05) is 0 Å². The van der Waals surface area contributed by atoms with Gasteiger partial charge in [-0.15, -0.1) is 0 Å². The van der Waals surface area contributed by atoms with Gasteiger partial charge in [0.1, 0.15) is 0 Å². The number of hydrogen-bond acceptors (Lipinski definition) is 4. The highest BCUT2D eigenvalue weighted by Crippen LogP contribution is 2.17. The number of nitrogens with one attached hydrogen (secondary N) is 1. The van der Waals surface area contributed by atoms with Crippen LogP contribution in [0.1, 0.15) is 25.5 Å². The number of aryl methyl sites for hydroxylation is 1. The van der Waals surface area contributed by atoms with Crippen molar-refractivity contribution in [3.05, 3.63) is 18.0 Å². The molecule has 20 heavy (non-hydrogen) atoms. The van der Waals surface area contributed by atoms with E-state index < -0.39 is 10.0 Å². The lowest BCUT2D eigenvalue weighted by atomic mass is 10.0.